The fourth-order valence-electron chi connectivity index (χ4n) is 2.25. The van der Waals surface area contributed by atoms with Crippen molar-refractivity contribution in [3.05, 3.63) is 30.0 Å². The molecule has 0 radical (unpaired) electrons. The summed E-state index contributed by atoms with van der Waals surface area (Å²) in [7, 11) is 1.70. The van der Waals surface area contributed by atoms with Gasteiger partial charge in [0.1, 0.15) is 5.75 Å². The highest BCUT2D eigenvalue weighted by Gasteiger charge is 2.25. The topological polar surface area (TPSA) is 40.2 Å². The number of benzene rings is 1. The van der Waals surface area contributed by atoms with E-state index >= 15 is 0 Å². The van der Waals surface area contributed by atoms with Crippen LogP contribution in [0, 0.1) is 0 Å². The fourth-order valence-corrected chi connectivity index (χ4v) is 2.25. The molecule has 0 bridgehead atoms. The molecule has 1 aromatic carbocycles. The van der Waals surface area contributed by atoms with Crippen molar-refractivity contribution in [2.75, 3.05) is 7.11 Å². The molecule has 16 heavy (non-hydrogen) atoms. The summed E-state index contributed by atoms with van der Waals surface area (Å²) < 4.78 is 7.62. The molecule has 0 atom stereocenters. The molecular weight excluding hydrogens is 200 g/mol. The Kier molecular flexibility index (Phi) is 2.14. The number of rotatable bonds is 3. The molecule has 1 aromatic heterocycles. The number of nitrogens with two attached hydrogens (primary N) is 1. The summed E-state index contributed by atoms with van der Waals surface area (Å²) in [6.45, 7) is 0.587. The highest BCUT2D eigenvalue weighted by Crippen LogP contribution is 2.39. The smallest absolute Gasteiger partial charge is 0.119 e. The summed E-state index contributed by atoms with van der Waals surface area (Å²) in [5, 5.41) is 1.23. The maximum Gasteiger partial charge on any atom is 0.119 e. The lowest BCUT2D eigenvalue weighted by Crippen LogP contribution is -1.95. The molecular formula is C13H16N2O. The lowest BCUT2D eigenvalue weighted by molar-refractivity contribution is 0.415. The third kappa shape index (κ3) is 1.39. The molecule has 1 aliphatic rings. The Bertz CT molecular complexity index is 526. The minimum absolute atomic E-state index is 0.587. The van der Waals surface area contributed by atoms with Crippen LogP contribution in [0.25, 0.3) is 10.9 Å². The second-order valence-electron chi connectivity index (χ2n) is 4.38. The largest absolute Gasteiger partial charge is 0.497 e. The highest BCUT2D eigenvalue weighted by atomic mass is 16.5. The molecule has 1 heterocycles. The van der Waals surface area contributed by atoms with Gasteiger partial charge in [0.25, 0.3) is 0 Å². The Morgan fingerprint density at radius 3 is 2.88 bits per heavy atom. The quantitative estimate of drug-likeness (QED) is 0.856. The van der Waals surface area contributed by atoms with E-state index in [9.17, 15) is 0 Å². The van der Waals surface area contributed by atoms with Gasteiger partial charge in [-0.25, -0.2) is 0 Å². The van der Waals surface area contributed by atoms with Crippen LogP contribution in [-0.4, -0.2) is 11.7 Å². The zero-order chi connectivity index (χ0) is 11.1. The van der Waals surface area contributed by atoms with Crippen LogP contribution in [0.2, 0.25) is 0 Å². The first-order valence-electron chi connectivity index (χ1n) is 5.71. The Balaban J connectivity index is 2.22. The van der Waals surface area contributed by atoms with E-state index in [1.54, 1.807) is 7.11 Å². The van der Waals surface area contributed by atoms with Crippen molar-refractivity contribution >= 4 is 10.9 Å². The van der Waals surface area contributed by atoms with Crippen molar-refractivity contribution < 1.29 is 4.74 Å². The number of ether oxygens (including phenoxy) is 1. The first-order valence-corrected chi connectivity index (χ1v) is 5.71. The summed E-state index contributed by atoms with van der Waals surface area (Å²) in [5.41, 5.74) is 8.28. The third-order valence-electron chi connectivity index (χ3n) is 3.28. The van der Waals surface area contributed by atoms with Gasteiger partial charge in [0.2, 0.25) is 0 Å². The summed E-state index contributed by atoms with van der Waals surface area (Å²) in [4.78, 5) is 0. The molecule has 0 unspecified atom stereocenters. The number of hydrogen-bond acceptors (Lipinski definition) is 2. The summed E-state index contributed by atoms with van der Waals surface area (Å²) in [6, 6.07) is 6.92. The van der Waals surface area contributed by atoms with Crippen LogP contribution in [0.15, 0.2) is 24.4 Å². The van der Waals surface area contributed by atoms with Crippen molar-refractivity contribution in [2.45, 2.75) is 25.4 Å². The molecule has 1 saturated carbocycles. The number of fused-ring (bicyclic) bond motifs is 1. The Hall–Kier alpha value is -1.48. The predicted molar refractivity (Wildman–Crippen MR) is 64.7 cm³/mol. The lowest BCUT2D eigenvalue weighted by Gasteiger charge is -2.03. The number of nitrogens with zero attached hydrogens (tertiary/aromatic N) is 1. The van der Waals surface area contributed by atoms with Gasteiger partial charge in [-0.2, -0.15) is 0 Å². The fraction of sp³-hybridized carbons (Fsp3) is 0.385. The number of methoxy groups -OCH3 is 1. The van der Waals surface area contributed by atoms with E-state index in [0.29, 0.717) is 12.6 Å². The average Bonchev–Trinajstić information content (AvgIpc) is 3.10. The maximum absolute atomic E-state index is 5.79. The maximum atomic E-state index is 5.79. The van der Waals surface area contributed by atoms with E-state index in [-0.39, 0.29) is 0 Å². The average molecular weight is 216 g/mol. The first kappa shape index (κ1) is 9.73. The minimum atomic E-state index is 0.587. The Labute approximate surface area is 94.8 Å². The van der Waals surface area contributed by atoms with Crippen LogP contribution in [0.1, 0.15) is 24.4 Å². The van der Waals surface area contributed by atoms with Gasteiger partial charge in [-0.3, -0.25) is 0 Å². The molecule has 0 amide bonds. The van der Waals surface area contributed by atoms with Gasteiger partial charge >= 0.3 is 0 Å². The molecule has 84 valence electrons. The molecule has 3 rings (SSSR count). The van der Waals surface area contributed by atoms with Crippen molar-refractivity contribution in [2.24, 2.45) is 5.73 Å². The van der Waals surface area contributed by atoms with E-state index in [1.807, 2.05) is 6.07 Å². The second-order valence-corrected chi connectivity index (χ2v) is 4.38. The van der Waals surface area contributed by atoms with Crippen molar-refractivity contribution in [1.29, 1.82) is 0 Å². The van der Waals surface area contributed by atoms with Crippen molar-refractivity contribution in [3.8, 4) is 5.75 Å². The molecule has 2 N–H and O–H groups in total. The first-order chi connectivity index (χ1) is 7.83. The molecule has 0 saturated heterocycles. The van der Waals surface area contributed by atoms with Gasteiger partial charge in [-0.05, 0) is 36.6 Å². The number of hydrogen-bond donors (Lipinski definition) is 1. The molecule has 2 aromatic rings. The predicted octanol–water partition coefficient (Wildman–Crippen LogP) is 2.44. The molecule has 1 aliphatic carbocycles. The van der Waals surface area contributed by atoms with Gasteiger partial charge in [-0.1, -0.05) is 0 Å². The van der Waals surface area contributed by atoms with E-state index in [0.717, 1.165) is 5.75 Å². The Morgan fingerprint density at radius 2 is 2.25 bits per heavy atom. The Morgan fingerprint density at radius 1 is 1.44 bits per heavy atom. The molecule has 3 nitrogen and oxygen atoms in total. The van der Waals surface area contributed by atoms with Crippen molar-refractivity contribution in [1.82, 2.24) is 4.57 Å². The van der Waals surface area contributed by atoms with Gasteiger partial charge < -0.3 is 15.0 Å². The summed E-state index contributed by atoms with van der Waals surface area (Å²) in [6.07, 6.45) is 4.78. The van der Waals surface area contributed by atoms with Gasteiger partial charge in [-0.15, -0.1) is 0 Å². The van der Waals surface area contributed by atoms with Crippen LogP contribution in [0.5, 0.6) is 5.75 Å². The zero-order valence-electron chi connectivity index (χ0n) is 9.44. The van der Waals surface area contributed by atoms with Crippen molar-refractivity contribution in [3.63, 3.8) is 0 Å². The lowest BCUT2D eigenvalue weighted by atomic mass is 10.1. The number of aromatic nitrogens is 1. The van der Waals surface area contributed by atoms with E-state index in [2.05, 4.69) is 22.9 Å². The van der Waals surface area contributed by atoms with Gasteiger partial charge in [0.05, 0.1) is 7.11 Å². The third-order valence-corrected chi connectivity index (χ3v) is 3.28. The monoisotopic (exact) mass is 216 g/mol. The van der Waals surface area contributed by atoms with E-state index < -0.39 is 0 Å². The highest BCUT2D eigenvalue weighted by molar-refractivity contribution is 5.85. The normalized spacial score (nSPS) is 15.6. The van der Waals surface area contributed by atoms with Crippen LogP contribution in [0.4, 0.5) is 0 Å². The van der Waals surface area contributed by atoms with Crippen LogP contribution < -0.4 is 10.5 Å². The van der Waals surface area contributed by atoms with Gasteiger partial charge in [0.15, 0.2) is 0 Å². The summed E-state index contributed by atoms with van der Waals surface area (Å²) >= 11 is 0. The van der Waals surface area contributed by atoms with E-state index in [1.165, 1.54) is 29.3 Å². The van der Waals surface area contributed by atoms with Crippen LogP contribution in [-0.2, 0) is 6.54 Å². The second kappa shape index (κ2) is 3.52. The standard InChI is InChI=1S/C13H16N2O/c1-16-11-4-5-13-12(6-11)9(7-14)8-15(13)10-2-3-10/h4-6,8,10H,2-3,7,14H2,1H3. The molecule has 0 spiro atoms. The molecule has 0 aliphatic heterocycles. The summed E-state index contributed by atoms with van der Waals surface area (Å²) in [5.74, 6) is 0.899. The van der Waals surface area contributed by atoms with Crippen LogP contribution in [0.3, 0.4) is 0 Å². The zero-order valence-corrected chi connectivity index (χ0v) is 9.44. The minimum Gasteiger partial charge on any atom is -0.497 e. The molecule has 3 heteroatoms. The SMILES string of the molecule is COc1ccc2c(c1)c(CN)cn2C1CC1. The van der Waals surface area contributed by atoms with Gasteiger partial charge in [0, 0.05) is 29.7 Å². The molecule has 1 fully saturated rings. The van der Waals surface area contributed by atoms with Crippen LogP contribution >= 0.6 is 0 Å². The van der Waals surface area contributed by atoms with E-state index in [4.69, 9.17) is 10.5 Å².